The van der Waals surface area contributed by atoms with Gasteiger partial charge in [-0.05, 0) is 60.5 Å². The minimum atomic E-state index is -1.12. The van der Waals surface area contributed by atoms with E-state index in [-0.39, 0.29) is 35.4 Å². The molecule has 0 fully saturated rings. The number of methoxy groups -OCH3 is 1. The number of carboxylic acid groups (broad SMARTS) is 1. The summed E-state index contributed by atoms with van der Waals surface area (Å²) >= 11 is 12.7. The molecular weight excluding hydrogens is 503 g/mol. The van der Waals surface area contributed by atoms with Gasteiger partial charge in [0.2, 0.25) is 0 Å². The maximum Gasteiger partial charge on any atom is 0.320 e. The molecule has 7 nitrogen and oxygen atoms in total. The number of nitriles is 1. The number of hydrogen-bond acceptors (Lipinski definition) is 6. The minimum Gasteiger partial charge on any atom is -0.497 e. The van der Waals surface area contributed by atoms with Crippen LogP contribution in [0.2, 0.25) is 10.0 Å². The number of hydrogen-bond donors (Lipinski definition) is 2. The quantitative estimate of drug-likeness (QED) is 0.385. The summed E-state index contributed by atoms with van der Waals surface area (Å²) in [5.74, 6) is 6.17. The molecule has 0 aliphatic rings. The Balaban J connectivity index is 1.72. The van der Waals surface area contributed by atoms with Crippen molar-refractivity contribution in [3.63, 3.8) is 0 Å². The van der Waals surface area contributed by atoms with Crippen LogP contribution in [0.4, 0.5) is 0 Å². The van der Waals surface area contributed by atoms with Crippen LogP contribution in [-0.2, 0) is 17.8 Å². The predicted molar refractivity (Wildman–Crippen MR) is 137 cm³/mol. The summed E-state index contributed by atoms with van der Waals surface area (Å²) in [5, 5.41) is 18.5. The van der Waals surface area contributed by atoms with Gasteiger partial charge in [-0.2, -0.15) is 5.26 Å². The number of halogens is 2. The fraction of sp³-hybridized carbons (Fsp3) is 0.185. The van der Waals surface area contributed by atoms with Gasteiger partial charge in [0.25, 0.3) is 0 Å². The molecule has 0 amide bonds. The van der Waals surface area contributed by atoms with Crippen LogP contribution < -0.4 is 19.9 Å². The fourth-order valence-electron chi connectivity index (χ4n) is 3.21. The highest BCUT2D eigenvalue weighted by atomic mass is 35.5. The van der Waals surface area contributed by atoms with E-state index in [0.29, 0.717) is 33.8 Å². The normalized spacial score (nSPS) is 11.0. The average molecular weight is 525 g/mol. The van der Waals surface area contributed by atoms with Crippen molar-refractivity contribution in [2.75, 3.05) is 13.7 Å². The number of aliphatic carboxylic acids is 1. The lowest BCUT2D eigenvalue weighted by molar-refractivity contribution is -0.138. The summed E-state index contributed by atoms with van der Waals surface area (Å²) in [5.41, 5.74) is 8.10. The molecule has 0 saturated heterocycles. The lowest BCUT2D eigenvalue weighted by atomic mass is 10.1. The van der Waals surface area contributed by atoms with Crippen LogP contribution in [0.5, 0.6) is 17.2 Å². The fourth-order valence-corrected chi connectivity index (χ4v) is 3.86. The number of ether oxygens (including phenoxy) is 3. The van der Waals surface area contributed by atoms with Crippen LogP contribution in [0.1, 0.15) is 22.3 Å². The molecule has 184 valence electrons. The summed E-state index contributed by atoms with van der Waals surface area (Å²) in [6, 6.07) is 16.4. The zero-order valence-corrected chi connectivity index (χ0v) is 20.8. The molecule has 0 aliphatic heterocycles. The van der Waals surface area contributed by atoms with E-state index in [4.69, 9.17) is 53.5 Å². The number of rotatable bonds is 9. The Morgan fingerprint density at radius 3 is 2.47 bits per heavy atom. The van der Waals surface area contributed by atoms with Crippen molar-refractivity contribution in [3.8, 4) is 35.2 Å². The maximum absolute atomic E-state index is 11.0. The minimum absolute atomic E-state index is 0.0671. The molecule has 9 heteroatoms. The van der Waals surface area contributed by atoms with Crippen molar-refractivity contribution in [1.82, 2.24) is 0 Å². The predicted octanol–water partition coefficient (Wildman–Crippen LogP) is 4.84. The zero-order valence-electron chi connectivity index (χ0n) is 19.3. The molecule has 0 spiro atoms. The topological polar surface area (TPSA) is 115 Å². The second-order valence-corrected chi connectivity index (χ2v) is 8.40. The highest BCUT2D eigenvalue weighted by molar-refractivity contribution is 6.37. The lowest BCUT2D eigenvalue weighted by Gasteiger charge is -2.15. The molecule has 0 aliphatic carbocycles. The van der Waals surface area contributed by atoms with Crippen LogP contribution in [0.3, 0.4) is 0 Å². The second kappa shape index (κ2) is 12.7. The lowest BCUT2D eigenvalue weighted by Crippen LogP contribution is -2.32. The Kier molecular flexibility index (Phi) is 9.44. The van der Waals surface area contributed by atoms with Gasteiger partial charge in [-0.3, -0.25) is 4.79 Å². The van der Waals surface area contributed by atoms with Gasteiger partial charge < -0.3 is 25.1 Å². The van der Waals surface area contributed by atoms with E-state index < -0.39 is 12.0 Å². The molecule has 0 radical (unpaired) electrons. The highest BCUT2D eigenvalue weighted by Crippen LogP contribution is 2.36. The van der Waals surface area contributed by atoms with Crippen LogP contribution in [-0.4, -0.2) is 30.8 Å². The molecule has 3 aromatic carbocycles. The smallest absolute Gasteiger partial charge is 0.320 e. The first-order valence-corrected chi connectivity index (χ1v) is 11.4. The average Bonchev–Trinajstić information content (AvgIpc) is 2.86. The van der Waals surface area contributed by atoms with E-state index in [1.165, 1.54) is 0 Å². The molecule has 36 heavy (non-hydrogen) atoms. The SMILES string of the molecule is COc1ccc(OCC#Cc2cccc(C#N)c2)c(COc2c(Cl)cc(CC(N)C(=O)O)cc2Cl)c1. The molecule has 0 saturated carbocycles. The molecule has 0 heterocycles. The van der Waals surface area contributed by atoms with Gasteiger partial charge in [0.05, 0.1) is 28.8 Å². The third-order valence-corrected chi connectivity index (χ3v) is 5.56. The van der Waals surface area contributed by atoms with Gasteiger partial charge >= 0.3 is 5.97 Å². The van der Waals surface area contributed by atoms with Crippen molar-refractivity contribution >= 4 is 29.2 Å². The van der Waals surface area contributed by atoms with E-state index in [2.05, 4.69) is 17.9 Å². The Hall–Kier alpha value is -3.88. The molecule has 3 N–H and O–H groups in total. The third kappa shape index (κ3) is 7.31. The van der Waals surface area contributed by atoms with Gasteiger partial charge in [-0.25, -0.2) is 0 Å². The van der Waals surface area contributed by atoms with Crippen molar-refractivity contribution in [1.29, 1.82) is 5.26 Å². The second-order valence-electron chi connectivity index (χ2n) is 7.58. The summed E-state index contributed by atoms with van der Waals surface area (Å²) in [7, 11) is 1.55. The first kappa shape index (κ1) is 26.7. The van der Waals surface area contributed by atoms with E-state index in [1.807, 2.05) is 6.07 Å². The number of carbonyl (C=O) groups is 1. The van der Waals surface area contributed by atoms with E-state index in [0.717, 1.165) is 0 Å². The monoisotopic (exact) mass is 524 g/mol. The summed E-state index contributed by atoms with van der Waals surface area (Å²) in [4.78, 5) is 11.0. The molecule has 0 aromatic heterocycles. The third-order valence-electron chi connectivity index (χ3n) is 4.99. The zero-order chi connectivity index (χ0) is 26.1. The Labute approximate surface area is 218 Å². The number of nitrogens with zero attached hydrogens (tertiary/aromatic N) is 1. The Morgan fingerprint density at radius 2 is 1.81 bits per heavy atom. The highest BCUT2D eigenvalue weighted by Gasteiger charge is 2.17. The van der Waals surface area contributed by atoms with E-state index in [9.17, 15) is 4.79 Å². The van der Waals surface area contributed by atoms with Crippen LogP contribution in [0.25, 0.3) is 0 Å². The molecule has 3 rings (SSSR count). The standard InChI is InChI=1S/C27H22Cl2N2O5/c1-34-21-7-8-25(35-9-3-6-17-4-2-5-18(10-17)15-30)20(14-21)16-36-26-22(28)11-19(12-23(26)29)13-24(31)27(32)33/h2,4-5,7-8,10-12,14,24H,9,13,16,31H2,1H3,(H,32,33). The maximum atomic E-state index is 11.0. The van der Waals surface area contributed by atoms with Crippen LogP contribution in [0.15, 0.2) is 54.6 Å². The number of benzene rings is 3. The first-order valence-electron chi connectivity index (χ1n) is 10.7. The Bertz CT molecular complexity index is 1340. The summed E-state index contributed by atoms with van der Waals surface area (Å²) in [6.07, 6.45) is 0.0742. The van der Waals surface area contributed by atoms with Crippen molar-refractivity contribution in [2.45, 2.75) is 19.1 Å². The summed E-state index contributed by atoms with van der Waals surface area (Å²) in [6.45, 7) is 0.174. The molecular formula is C27H22Cl2N2O5. The van der Waals surface area contributed by atoms with Crippen molar-refractivity contribution in [3.05, 3.63) is 86.9 Å². The number of nitrogens with two attached hydrogens (primary N) is 1. The molecule has 1 atom stereocenters. The largest absolute Gasteiger partial charge is 0.497 e. The van der Waals surface area contributed by atoms with Gasteiger partial charge in [0.15, 0.2) is 5.75 Å². The van der Waals surface area contributed by atoms with Crippen LogP contribution in [0, 0.1) is 23.2 Å². The van der Waals surface area contributed by atoms with E-state index >= 15 is 0 Å². The molecule has 0 bridgehead atoms. The van der Waals surface area contributed by atoms with Crippen molar-refractivity contribution < 1.29 is 24.1 Å². The van der Waals surface area contributed by atoms with Gasteiger partial charge in [0.1, 0.15) is 30.8 Å². The Morgan fingerprint density at radius 1 is 1.08 bits per heavy atom. The van der Waals surface area contributed by atoms with E-state index in [1.54, 1.807) is 55.6 Å². The number of carboxylic acids is 1. The van der Waals surface area contributed by atoms with Gasteiger partial charge in [0, 0.05) is 11.1 Å². The first-order chi connectivity index (χ1) is 17.3. The molecule has 1 unspecified atom stereocenters. The van der Waals surface area contributed by atoms with Gasteiger partial charge in [-0.15, -0.1) is 0 Å². The van der Waals surface area contributed by atoms with Crippen molar-refractivity contribution in [2.24, 2.45) is 5.73 Å². The summed E-state index contributed by atoms with van der Waals surface area (Å²) < 4.78 is 17.0. The van der Waals surface area contributed by atoms with Crippen LogP contribution >= 0.6 is 23.2 Å². The molecule has 3 aromatic rings. The van der Waals surface area contributed by atoms with Gasteiger partial charge in [-0.1, -0.05) is 41.1 Å².